The number of hydrogen-bond acceptors (Lipinski definition) is 3. The van der Waals surface area contributed by atoms with Crippen molar-refractivity contribution in [1.82, 2.24) is 0 Å². The minimum atomic E-state index is -0.461. The predicted molar refractivity (Wildman–Crippen MR) is 144 cm³/mol. The Morgan fingerprint density at radius 1 is 0.971 bits per heavy atom. The molecule has 0 aliphatic carbocycles. The minimum Gasteiger partial charge on any atom is -0.307 e. The molecule has 0 saturated carbocycles. The van der Waals surface area contributed by atoms with Gasteiger partial charge in [-0.05, 0) is 67.1 Å². The van der Waals surface area contributed by atoms with E-state index >= 15 is 0 Å². The van der Waals surface area contributed by atoms with E-state index in [-0.39, 0.29) is 16.8 Å². The van der Waals surface area contributed by atoms with Crippen LogP contribution in [-0.2, 0) is 19.3 Å². The van der Waals surface area contributed by atoms with Crippen LogP contribution in [0.25, 0.3) is 0 Å². The highest BCUT2D eigenvalue weighted by atomic mass is 35.5. The summed E-state index contributed by atoms with van der Waals surface area (Å²) in [5, 5.41) is 15.6. The van der Waals surface area contributed by atoms with E-state index in [4.69, 9.17) is 23.2 Å². The van der Waals surface area contributed by atoms with Crippen LogP contribution in [0, 0.1) is 10.1 Å². The Kier molecular flexibility index (Phi) is 8.76. The number of urea groups is 1. The van der Waals surface area contributed by atoms with Crippen LogP contribution < -0.4 is 10.2 Å². The normalized spacial score (nSPS) is 11.7. The van der Waals surface area contributed by atoms with E-state index in [1.54, 1.807) is 17.0 Å². The molecule has 0 fully saturated rings. The number of carbonyl (C=O) groups excluding carboxylic acids is 1. The minimum absolute atomic E-state index is 0.102. The van der Waals surface area contributed by atoms with Crippen molar-refractivity contribution >= 4 is 46.3 Å². The molecule has 2 amide bonds. The van der Waals surface area contributed by atoms with Gasteiger partial charge in [-0.1, -0.05) is 68.2 Å². The number of nitrogens with zero attached hydrogens (tertiary/aromatic N) is 2. The molecule has 0 saturated heterocycles. The molecule has 35 heavy (non-hydrogen) atoms. The van der Waals surface area contributed by atoms with E-state index in [0.29, 0.717) is 40.4 Å². The van der Waals surface area contributed by atoms with E-state index < -0.39 is 11.0 Å². The zero-order valence-electron chi connectivity index (χ0n) is 20.3. The topological polar surface area (TPSA) is 75.5 Å². The molecule has 1 N–H and O–H groups in total. The molecule has 0 radical (unpaired) electrons. The zero-order valence-corrected chi connectivity index (χ0v) is 21.8. The lowest BCUT2D eigenvalue weighted by atomic mass is 10.0. The van der Waals surface area contributed by atoms with Gasteiger partial charge in [0, 0.05) is 16.8 Å². The quantitative estimate of drug-likeness (QED) is 0.242. The standard InChI is InChI=1S/C27H29Cl2N3O3/c1-5-18-8-14-21(15-9-18)31(17(4)19-10-12-20(28)13-11-19)27(33)30-26-22(6-2)24(29)16-25(32(34)35)23(26)7-3/h8-17H,5-7H2,1-4H3,(H,30,33)/t17-/m0/s1. The fraction of sp³-hybridized carbons (Fsp3) is 0.296. The molecule has 3 aromatic carbocycles. The third kappa shape index (κ3) is 5.77. The van der Waals surface area contributed by atoms with E-state index in [0.717, 1.165) is 17.5 Å². The highest BCUT2D eigenvalue weighted by Crippen LogP contribution is 2.38. The van der Waals surface area contributed by atoms with E-state index in [2.05, 4.69) is 12.2 Å². The first kappa shape index (κ1) is 26.5. The van der Waals surface area contributed by atoms with E-state index in [1.165, 1.54) is 6.07 Å². The Bertz CT molecular complexity index is 1210. The average Bonchev–Trinajstić information content (AvgIpc) is 2.84. The molecular formula is C27H29Cl2N3O3. The number of hydrogen-bond donors (Lipinski definition) is 1. The third-order valence-corrected chi connectivity index (χ3v) is 6.77. The highest BCUT2D eigenvalue weighted by Gasteiger charge is 2.28. The van der Waals surface area contributed by atoms with Gasteiger partial charge in [0.1, 0.15) is 0 Å². The molecule has 0 unspecified atom stereocenters. The van der Waals surface area contributed by atoms with Crippen LogP contribution in [0.1, 0.15) is 56.0 Å². The molecule has 0 heterocycles. The van der Waals surface area contributed by atoms with Crippen molar-refractivity contribution in [3.63, 3.8) is 0 Å². The fourth-order valence-corrected chi connectivity index (χ4v) is 4.67. The molecule has 3 aromatic rings. The summed E-state index contributed by atoms with van der Waals surface area (Å²) in [6, 6.07) is 15.8. The molecule has 6 nitrogen and oxygen atoms in total. The number of halogens is 2. The number of aryl methyl sites for hydroxylation is 1. The van der Waals surface area contributed by atoms with Crippen LogP contribution in [0.15, 0.2) is 54.6 Å². The molecule has 0 aliphatic rings. The maximum atomic E-state index is 13.9. The summed E-state index contributed by atoms with van der Waals surface area (Å²) >= 11 is 12.5. The monoisotopic (exact) mass is 513 g/mol. The lowest BCUT2D eigenvalue weighted by Gasteiger charge is -2.31. The first-order chi connectivity index (χ1) is 16.7. The van der Waals surface area contributed by atoms with Gasteiger partial charge in [0.15, 0.2) is 0 Å². The van der Waals surface area contributed by atoms with Gasteiger partial charge in [-0.3, -0.25) is 15.0 Å². The van der Waals surface area contributed by atoms with Crippen molar-refractivity contribution in [3.05, 3.63) is 97.0 Å². The molecule has 3 rings (SSSR count). The Hall–Kier alpha value is -3.09. The van der Waals surface area contributed by atoms with E-state index in [1.807, 2.05) is 57.2 Å². The summed E-state index contributed by atoms with van der Waals surface area (Å²) in [6.07, 6.45) is 1.76. The first-order valence-corrected chi connectivity index (χ1v) is 12.4. The molecule has 0 spiro atoms. The van der Waals surface area contributed by atoms with E-state index in [9.17, 15) is 14.9 Å². The van der Waals surface area contributed by atoms with Crippen molar-refractivity contribution < 1.29 is 9.72 Å². The first-order valence-electron chi connectivity index (χ1n) is 11.6. The summed E-state index contributed by atoms with van der Waals surface area (Å²) in [6.45, 7) is 7.72. The lowest BCUT2D eigenvalue weighted by Crippen LogP contribution is -2.37. The van der Waals surface area contributed by atoms with Crippen molar-refractivity contribution in [3.8, 4) is 0 Å². The number of nitro benzene ring substituents is 1. The van der Waals surface area contributed by atoms with Gasteiger partial charge in [0.05, 0.1) is 27.2 Å². The van der Waals surface area contributed by atoms with Gasteiger partial charge in [-0.25, -0.2) is 4.79 Å². The van der Waals surface area contributed by atoms with Gasteiger partial charge >= 0.3 is 6.03 Å². The van der Waals surface area contributed by atoms with Gasteiger partial charge in [0.2, 0.25) is 0 Å². The van der Waals surface area contributed by atoms with Crippen LogP contribution in [0.3, 0.4) is 0 Å². The highest BCUT2D eigenvalue weighted by molar-refractivity contribution is 6.32. The zero-order chi connectivity index (χ0) is 25.7. The van der Waals surface area contributed by atoms with Crippen LogP contribution in [0.5, 0.6) is 0 Å². The van der Waals surface area contributed by atoms with Crippen LogP contribution in [0.2, 0.25) is 10.0 Å². The molecule has 0 aliphatic heterocycles. The Labute approximate surface area is 216 Å². The second kappa shape index (κ2) is 11.6. The summed E-state index contributed by atoms with van der Waals surface area (Å²) in [4.78, 5) is 26.8. The summed E-state index contributed by atoms with van der Waals surface area (Å²) in [5.74, 6) is 0. The maximum absolute atomic E-state index is 13.9. The SMILES string of the molecule is CCc1ccc(N(C(=O)Nc2c(CC)c(Cl)cc([N+](=O)[O-])c2CC)[C@@H](C)c2ccc(Cl)cc2)cc1. The predicted octanol–water partition coefficient (Wildman–Crippen LogP) is 8.39. The van der Waals surface area contributed by atoms with Crippen LogP contribution in [-0.4, -0.2) is 11.0 Å². The number of rotatable bonds is 8. The molecule has 0 aromatic heterocycles. The Balaban J connectivity index is 2.11. The van der Waals surface area contributed by atoms with Crippen molar-refractivity contribution in [2.75, 3.05) is 10.2 Å². The molecule has 184 valence electrons. The van der Waals surface area contributed by atoms with Gasteiger partial charge in [-0.15, -0.1) is 0 Å². The van der Waals surface area contributed by atoms with Crippen molar-refractivity contribution in [1.29, 1.82) is 0 Å². The average molecular weight is 514 g/mol. The second-order valence-electron chi connectivity index (χ2n) is 8.22. The molecule has 8 heteroatoms. The Morgan fingerprint density at radius 2 is 1.57 bits per heavy atom. The van der Waals surface area contributed by atoms with Crippen LogP contribution in [0.4, 0.5) is 21.9 Å². The van der Waals surface area contributed by atoms with Gasteiger partial charge < -0.3 is 5.32 Å². The fourth-order valence-electron chi connectivity index (χ4n) is 4.21. The summed E-state index contributed by atoms with van der Waals surface area (Å²) in [5.41, 5.74) is 4.17. The third-order valence-electron chi connectivity index (χ3n) is 6.18. The number of nitro groups is 1. The van der Waals surface area contributed by atoms with Gasteiger partial charge in [0.25, 0.3) is 5.69 Å². The second-order valence-corrected chi connectivity index (χ2v) is 9.07. The lowest BCUT2D eigenvalue weighted by molar-refractivity contribution is -0.385. The number of benzene rings is 3. The maximum Gasteiger partial charge on any atom is 0.326 e. The number of anilines is 2. The number of carbonyl (C=O) groups is 1. The van der Waals surface area contributed by atoms with Crippen LogP contribution >= 0.6 is 23.2 Å². The smallest absolute Gasteiger partial charge is 0.307 e. The summed E-state index contributed by atoms with van der Waals surface area (Å²) in [7, 11) is 0. The summed E-state index contributed by atoms with van der Waals surface area (Å²) < 4.78 is 0. The largest absolute Gasteiger partial charge is 0.326 e. The molecular weight excluding hydrogens is 485 g/mol. The Morgan fingerprint density at radius 3 is 2.09 bits per heavy atom. The number of nitrogens with one attached hydrogen (secondary N) is 1. The van der Waals surface area contributed by atoms with Crippen molar-refractivity contribution in [2.45, 2.75) is 53.0 Å². The molecule has 0 bridgehead atoms. The van der Waals surface area contributed by atoms with Crippen molar-refractivity contribution in [2.24, 2.45) is 0 Å². The molecule has 1 atom stereocenters. The number of amides is 2. The van der Waals surface area contributed by atoms with Gasteiger partial charge in [-0.2, -0.15) is 0 Å².